The third kappa shape index (κ3) is 3.27. The van der Waals surface area contributed by atoms with E-state index in [4.69, 9.17) is 0 Å². The zero-order valence-corrected chi connectivity index (χ0v) is 11.1. The van der Waals surface area contributed by atoms with Crippen molar-refractivity contribution in [3.05, 3.63) is 69.5 Å². The van der Waals surface area contributed by atoms with E-state index in [9.17, 15) is 19.7 Å². The van der Waals surface area contributed by atoms with Gasteiger partial charge >= 0.3 is 0 Å². The Hall–Kier alpha value is -3.09. The summed E-state index contributed by atoms with van der Waals surface area (Å²) in [7, 11) is 0. The highest BCUT2D eigenvalue weighted by Crippen LogP contribution is 2.14. The number of nitrogens with one attached hydrogen (secondary N) is 1. The molecule has 0 bridgehead atoms. The number of nitro groups is 1. The van der Waals surface area contributed by atoms with Crippen LogP contribution in [-0.4, -0.2) is 21.7 Å². The van der Waals surface area contributed by atoms with Crippen LogP contribution in [0.3, 0.4) is 0 Å². The largest absolute Gasteiger partial charge is 0.288 e. The van der Waals surface area contributed by atoms with Crippen LogP contribution in [0.4, 0.5) is 5.69 Å². The third-order valence-electron chi connectivity index (χ3n) is 2.79. The number of aryl methyl sites for hydroxylation is 1. The first-order chi connectivity index (χ1) is 9.99. The molecular formula is C14H11N3O4. The number of hydrogen-bond acceptors (Lipinski definition) is 5. The Bertz CT molecular complexity index is 713. The van der Waals surface area contributed by atoms with Crippen LogP contribution >= 0.6 is 0 Å². The first-order valence-corrected chi connectivity index (χ1v) is 6.01. The number of hydrogen-bond donors (Lipinski definition) is 1. The molecule has 2 amide bonds. The number of carbonyl (C=O) groups is 2. The molecule has 0 saturated heterocycles. The van der Waals surface area contributed by atoms with Gasteiger partial charge in [-0.25, -0.2) is 0 Å². The molecule has 7 heteroatoms. The van der Waals surface area contributed by atoms with Gasteiger partial charge in [0.15, 0.2) is 0 Å². The highest BCUT2D eigenvalue weighted by Gasteiger charge is 2.18. The molecular weight excluding hydrogens is 274 g/mol. The van der Waals surface area contributed by atoms with Gasteiger partial charge in [0, 0.05) is 11.6 Å². The van der Waals surface area contributed by atoms with E-state index in [1.807, 2.05) is 0 Å². The lowest BCUT2D eigenvalue weighted by atomic mass is 10.1. The van der Waals surface area contributed by atoms with Gasteiger partial charge in [-0.05, 0) is 19.1 Å². The van der Waals surface area contributed by atoms with Crippen LogP contribution in [0.5, 0.6) is 0 Å². The molecule has 1 aromatic heterocycles. The summed E-state index contributed by atoms with van der Waals surface area (Å²) in [5.74, 6) is -1.30. The van der Waals surface area contributed by atoms with Crippen molar-refractivity contribution < 1.29 is 14.5 Å². The van der Waals surface area contributed by atoms with Crippen LogP contribution in [0.2, 0.25) is 0 Å². The molecule has 21 heavy (non-hydrogen) atoms. The molecule has 2 rings (SSSR count). The first-order valence-electron chi connectivity index (χ1n) is 6.01. The van der Waals surface area contributed by atoms with Crippen molar-refractivity contribution in [1.29, 1.82) is 0 Å². The lowest BCUT2D eigenvalue weighted by Crippen LogP contribution is -2.31. The summed E-state index contributed by atoms with van der Waals surface area (Å²) in [5.41, 5.74) is 0.312. The number of carbonyl (C=O) groups excluding carboxylic acids is 2. The molecule has 0 spiro atoms. The second kappa shape index (κ2) is 5.91. The van der Waals surface area contributed by atoms with Crippen LogP contribution in [0.25, 0.3) is 0 Å². The van der Waals surface area contributed by atoms with E-state index in [0.29, 0.717) is 11.3 Å². The Balaban J connectivity index is 2.23. The summed E-state index contributed by atoms with van der Waals surface area (Å²) in [6, 6.07) is 9.28. The van der Waals surface area contributed by atoms with Crippen molar-refractivity contribution in [3.8, 4) is 0 Å². The second-order valence-corrected chi connectivity index (χ2v) is 4.23. The van der Waals surface area contributed by atoms with Gasteiger partial charge in [0.2, 0.25) is 0 Å². The highest BCUT2D eigenvalue weighted by molar-refractivity contribution is 6.10. The molecule has 0 saturated carbocycles. The van der Waals surface area contributed by atoms with Gasteiger partial charge in [-0.3, -0.25) is 30.0 Å². The number of nitrogens with zero attached hydrogens (tertiary/aromatic N) is 2. The number of pyridine rings is 1. The number of imide groups is 1. The average molecular weight is 285 g/mol. The Labute approximate surface area is 119 Å². The van der Waals surface area contributed by atoms with E-state index in [1.165, 1.54) is 6.92 Å². The number of benzene rings is 1. The van der Waals surface area contributed by atoms with Gasteiger partial charge in [-0.15, -0.1) is 0 Å². The van der Waals surface area contributed by atoms with Crippen molar-refractivity contribution in [1.82, 2.24) is 10.3 Å². The molecule has 1 N–H and O–H groups in total. The van der Waals surface area contributed by atoms with Gasteiger partial charge in [0.25, 0.3) is 17.5 Å². The summed E-state index contributed by atoms with van der Waals surface area (Å²) in [6.45, 7) is 1.53. The van der Waals surface area contributed by atoms with Gasteiger partial charge < -0.3 is 0 Å². The minimum Gasteiger partial charge on any atom is -0.288 e. The molecule has 7 nitrogen and oxygen atoms in total. The van der Waals surface area contributed by atoms with Crippen LogP contribution < -0.4 is 5.32 Å². The Morgan fingerprint density at radius 3 is 2.48 bits per heavy atom. The van der Waals surface area contributed by atoms with Gasteiger partial charge in [-0.2, -0.15) is 0 Å². The first kappa shape index (κ1) is 14.3. The maximum atomic E-state index is 12.0. The van der Waals surface area contributed by atoms with Gasteiger partial charge in [0.05, 0.1) is 16.2 Å². The zero-order valence-electron chi connectivity index (χ0n) is 11.1. The molecule has 0 aliphatic carbocycles. The Kier molecular flexibility index (Phi) is 4.03. The van der Waals surface area contributed by atoms with Crippen LogP contribution in [0, 0.1) is 17.0 Å². The van der Waals surface area contributed by atoms with E-state index in [-0.39, 0.29) is 11.3 Å². The standard InChI is InChI=1S/C14H11N3O4/c1-9-12(7-11(8-15-9)17(20)21)14(19)16-13(18)10-5-3-2-4-6-10/h2-8H,1H3,(H,16,18,19). The zero-order chi connectivity index (χ0) is 15.4. The maximum Gasteiger partial charge on any atom is 0.288 e. The van der Waals surface area contributed by atoms with Gasteiger partial charge in [0.1, 0.15) is 6.20 Å². The molecule has 0 atom stereocenters. The van der Waals surface area contributed by atoms with E-state index in [1.54, 1.807) is 30.3 Å². The molecule has 0 fully saturated rings. The number of aromatic nitrogens is 1. The average Bonchev–Trinajstić information content (AvgIpc) is 2.48. The topological polar surface area (TPSA) is 102 Å². The summed E-state index contributed by atoms with van der Waals surface area (Å²) in [5, 5.41) is 12.9. The van der Waals surface area contributed by atoms with Crippen LogP contribution in [0.1, 0.15) is 26.4 Å². The van der Waals surface area contributed by atoms with E-state index in [2.05, 4.69) is 10.3 Å². The molecule has 1 aromatic carbocycles. The fourth-order valence-electron chi connectivity index (χ4n) is 1.68. The Morgan fingerprint density at radius 2 is 1.86 bits per heavy atom. The summed E-state index contributed by atoms with van der Waals surface area (Å²) >= 11 is 0. The molecule has 0 aliphatic heterocycles. The van der Waals surface area contributed by atoms with Crippen LogP contribution in [-0.2, 0) is 0 Å². The molecule has 0 aliphatic rings. The van der Waals surface area contributed by atoms with Crippen molar-refractivity contribution >= 4 is 17.5 Å². The second-order valence-electron chi connectivity index (χ2n) is 4.23. The predicted molar refractivity (Wildman–Crippen MR) is 73.9 cm³/mol. The fraction of sp³-hybridized carbons (Fsp3) is 0.0714. The van der Waals surface area contributed by atoms with Crippen LogP contribution in [0.15, 0.2) is 42.6 Å². The van der Waals surface area contributed by atoms with E-state index in [0.717, 1.165) is 12.3 Å². The number of amides is 2. The smallest absolute Gasteiger partial charge is 0.288 e. The monoisotopic (exact) mass is 285 g/mol. The minimum absolute atomic E-state index is 0.00604. The Morgan fingerprint density at radius 1 is 1.19 bits per heavy atom. The summed E-state index contributed by atoms with van der Waals surface area (Å²) in [4.78, 5) is 37.7. The van der Waals surface area contributed by atoms with Crippen molar-refractivity contribution in [3.63, 3.8) is 0 Å². The fourth-order valence-corrected chi connectivity index (χ4v) is 1.68. The lowest BCUT2D eigenvalue weighted by Gasteiger charge is -2.06. The summed E-state index contributed by atoms with van der Waals surface area (Å²) < 4.78 is 0. The molecule has 0 radical (unpaired) electrons. The van der Waals surface area contributed by atoms with Crippen molar-refractivity contribution in [2.75, 3.05) is 0 Å². The molecule has 2 aromatic rings. The molecule has 0 unspecified atom stereocenters. The summed E-state index contributed by atoms with van der Waals surface area (Å²) in [6.07, 6.45) is 1.06. The van der Waals surface area contributed by atoms with E-state index < -0.39 is 16.7 Å². The van der Waals surface area contributed by atoms with Crippen molar-refractivity contribution in [2.24, 2.45) is 0 Å². The minimum atomic E-state index is -0.724. The third-order valence-corrected chi connectivity index (χ3v) is 2.79. The predicted octanol–water partition coefficient (Wildman–Crippen LogP) is 1.87. The molecule has 106 valence electrons. The maximum absolute atomic E-state index is 12.0. The normalized spacial score (nSPS) is 9.95. The van der Waals surface area contributed by atoms with E-state index >= 15 is 0 Å². The number of rotatable bonds is 3. The molecule has 1 heterocycles. The SMILES string of the molecule is Cc1ncc([N+](=O)[O-])cc1C(=O)NC(=O)c1ccccc1. The lowest BCUT2D eigenvalue weighted by molar-refractivity contribution is -0.385. The van der Waals surface area contributed by atoms with Gasteiger partial charge in [-0.1, -0.05) is 18.2 Å². The van der Waals surface area contributed by atoms with Crippen molar-refractivity contribution in [2.45, 2.75) is 6.92 Å². The quantitative estimate of drug-likeness (QED) is 0.527. The highest BCUT2D eigenvalue weighted by atomic mass is 16.6.